The van der Waals surface area contributed by atoms with E-state index in [1.54, 1.807) is 0 Å². The highest BCUT2D eigenvalue weighted by molar-refractivity contribution is 6.30. The van der Waals surface area contributed by atoms with Gasteiger partial charge in [0.25, 0.3) is 0 Å². The topological polar surface area (TPSA) is 20.2 Å². The first kappa shape index (κ1) is 16.2. The van der Waals surface area contributed by atoms with Gasteiger partial charge in [-0.15, -0.1) is 0 Å². The van der Waals surface area contributed by atoms with E-state index >= 15 is 0 Å². The van der Waals surface area contributed by atoms with Crippen LogP contribution in [0, 0.1) is 5.82 Å². The summed E-state index contributed by atoms with van der Waals surface area (Å²) < 4.78 is 49.7. The van der Waals surface area contributed by atoms with Crippen LogP contribution in [0.3, 0.4) is 0 Å². The molecule has 0 saturated carbocycles. The number of hydrogen-bond donors (Lipinski definition) is 1. The van der Waals surface area contributed by atoms with E-state index in [1.165, 1.54) is 25.1 Å². The van der Waals surface area contributed by atoms with E-state index in [9.17, 15) is 22.7 Å². The van der Waals surface area contributed by atoms with Crippen molar-refractivity contribution in [2.75, 3.05) is 0 Å². The lowest BCUT2D eigenvalue weighted by Gasteiger charge is -2.24. The molecule has 0 radical (unpaired) electrons. The molecule has 6 heteroatoms. The maximum atomic E-state index is 13.6. The zero-order chi connectivity index (χ0) is 14.7. The van der Waals surface area contributed by atoms with Gasteiger partial charge in [0.15, 0.2) is 0 Å². The van der Waals surface area contributed by atoms with Gasteiger partial charge in [0.05, 0.1) is 10.6 Å². The molecule has 0 saturated heterocycles. The Hall–Kier alpha value is -0.810. The van der Waals surface area contributed by atoms with Crippen LogP contribution in [0.5, 0.6) is 0 Å². The molecule has 108 valence electrons. The van der Waals surface area contributed by atoms with Crippen LogP contribution in [-0.4, -0.2) is 16.9 Å². The third kappa shape index (κ3) is 5.78. The first-order valence-electron chi connectivity index (χ1n) is 5.83. The number of hydrogen-bond acceptors (Lipinski definition) is 1. The van der Waals surface area contributed by atoms with Crippen molar-refractivity contribution < 1.29 is 22.7 Å². The fraction of sp³-hybridized carbons (Fsp3) is 0.538. The van der Waals surface area contributed by atoms with Crippen LogP contribution >= 0.6 is 11.6 Å². The number of rotatable bonds is 5. The lowest BCUT2D eigenvalue weighted by molar-refractivity contribution is -0.137. The first-order chi connectivity index (χ1) is 8.61. The van der Waals surface area contributed by atoms with Crippen molar-refractivity contribution in [1.29, 1.82) is 0 Å². The van der Waals surface area contributed by atoms with Crippen LogP contribution < -0.4 is 0 Å². The van der Waals surface area contributed by atoms with Crippen molar-refractivity contribution in [1.82, 2.24) is 0 Å². The Balaban J connectivity index is 2.61. The van der Waals surface area contributed by atoms with E-state index in [1.807, 2.05) is 0 Å². The Morgan fingerprint density at radius 3 is 2.42 bits per heavy atom. The van der Waals surface area contributed by atoms with Gasteiger partial charge in [-0.05, 0) is 31.4 Å². The molecule has 1 atom stereocenters. The van der Waals surface area contributed by atoms with Crippen LogP contribution in [0.15, 0.2) is 18.2 Å². The van der Waals surface area contributed by atoms with Gasteiger partial charge < -0.3 is 5.11 Å². The van der Waals surface area contributed by atoms with Crippen molar-refractivity contribution >= 4 is 11.6 Å². The monoisotopic (exact) mass is 298 g/mol. The van der Waals surface area contributed by atoms with Gasteiger partial charge in [0.2, 0.25) is 0 Å². The molecule has 1 N–H and O–H groups in total. The number of halogens is 5. The standard InChI is InChI=1S/C13H15ClF4O/c1-12(19,6-3-7-13(16,17)18)8-9-4-2-5-10(14)11(9)15/h2,4-5,19H,3,6-8H2,1H3. The molecule has 0 aliphatic heterocycles. The Kier molecular flexibility index (Phi) is 5.21. The van der Waals surface area contributed by atoms with Crippen LogP contribution in [-0.2, 0) is 6.42 Å². The normalized spacial score (nSPS) is 15.3. The molecule has 0 amide bonds. The van der Waals surface area contributed by atoms with Crippen LogP contribution in [0.1, 0.15) is 31.7 Å². The summed E-state index contributed by atoms with van der Waals surface area (Å²) in [6.07, 6.45) is -5.52. The molecule has 1 unspecified atom stereocenters. The van der Waals surface area contributed by atoms with Crippen molar-refractivity contribution in [2.24, 2.45) is 0 Å². The van der Waals surface area contributed by atoms with Gasteiger partial charge in [-0.1, -0.05) is 23.7 Å². The maximum absolute atomic E-state index is 13.6. The van der Waals surface area contributed by atoms with Crippen molar-refractivity contribution in [3.05, 3.63) is 34.6 Å². The lowest BCUT2D eigenvalue weighted by atomic mass is 9.91. The fourth-order valence-electron chi connectivity index (χ4n) is 1.85. The Morgan fingerprint density at radius 2 is 1.84 bits per heavy atom. The molecule has 0 spiro atoms. The van der Waals surface area contributed by atoms with E-state index < -0.39 is 24.0 Å². The summed E-state index contributed by atoms with van der Waals surface area (Å²) in [5.74, 6) is -0.639. The smallest absolute Gasteiger partial charge is 0.389 e. The summed E-state index contributed by atoms with van der Waals surface area (Å²) >= 11 is 5.60. The van der Waals surface area contributed by atoms with E-state index in [2.05, 4.69) is 0 Å². The Labute approximate surface area is 114 Å². The van der Waals surface area contributed by atoms with Crippen molar-refractivity contribution in [3.8, 4) is 0 Å². The molecule has 0 aliphatic carbocycles. The Bertz CT molecular complexity index is 429. The van der Waals surface area contributed by atoms with Gasteiger partial charge in [-0.2, -0.15) is 13.2 Å². The highest BCUT2D eigenvalue weighted by Crippen LogP contribution is 2.28. The van der Waals surface area contributed by atoms with E-state index in [4.69, 9.17) is 11.6 Å². The molecule has 0 bridgehead atoms. The second-order valence-corrected chi connectivity index (χ2v) is 5.26. The molecule has 0 fully saturated rings. The molecule has 1 nitrogen and oxygen atoms in total. The van der Waals surface area contributed by atoms with Crippen LogP contribution in [0.25, 0.3) is 0 Å². The largest absolute Gasteiger partial charge is 0.390 e. The average Bonchev–Trinajstić information content (AvgIpc) is 2.22. The summed E-state index contributed by atoms with van der Waals surface area (Å²) in [5, 5.41) is 9.94. The molecule has 0 aliphatic rings. The van der Waals surface area contributed by atoms with Crippen LogP contribution in [0.4, 0.5) is 17.6 Å². The third-order valence-electron chi connectivity index (χ3n) is 2.78. The summed E-state index contributed by atoms with van der Waals surface area (Å²) in [4.78, 5) is 0. The van der Waals surface area contributed by atoms with Gasteiger partial charge in [0, 0.05) is 12.8 Å². The van der Waals surface area contributed by atoms with E-state index in [0.717, 1.165) is 0 Å². The van der Waals surface area contributed by atoms with Gasteiger partial charge in [-0.3, -0.25) is 0 Å². The minimum atomic E-state index is -4.24. The first-order valence-corrected chi connectivity index (χ1v) is 6.20. The van der Waals surface area contributed by atoms with E-state index in [0.29, 0.717) is 0 Å². The fourth-order valence-corrected chi connectivity index (χ4v) is 2.05. The average molecular weight is 299 g/mol. The maximum Gasteiger partial charge on any atom is 0.389 e. The van der Waals surface area contributed by atoms with E-state index in [-0.39, 0.29) is 29.8 Å². The molecule has 1 rings (SSSR count). The highest BCUT2D eigenvalue weighted by Gasteiger charge is 2.29. The summed E-state index contributed by atoms with van der Waals surface area (Å²) in [6.45, 7) is 1.39. The SMILES string of the molecule is CC(O)(CCCC(F)(F)F)Cc1cccc(Cl)c1F. The molecule has 1 aromatic carbocycles. The predicted octanol–water partition coefficient (Wildman–Crippen LogP) is 4.51. The zero-order valence-corrected chi connectivity index (χ0v) is 11.2. The quantitative estimate of drug-likeness (QED) is 0.793. The second kappa shape index (κ2) is 6.09. The predicted molar refractivity (Wildman–Crippen MR) is 65.6 cm³/mol. The molecule has 19 heavy (non-hydrogen) atoms. The molecule has 0 aromatic heterocycles. The summed E-state index contributed by atoms with van der Waals surface area (Å²) in [7, 11) is 0. The third-order valence-corrected chi connectivity index (χ3v) is 3.07. The van der Waals surface area contributed by atoms with Gasteiger partial charge >= 0.3 is 6.18 Å². The summed E-state index contributed by atoms with van der Waals surface area (Å²) in [6, 6.07) is 4.37. The number of alkyl halides is 3. The molecular formula is C13H15ClF4O. The minimum absolute atomic E-state index is 0.0571. The van der Waals surface area contributed by atoms with Crippen molar-refractivity contribution in [3.63, 3.8) is 0 Å². The highest BCUT2D eigenvalue weighted by atomic mass is 35.5. The second-order valence-electron chi connectivity index (χ2n) is 4.86. The molecule has 1 aromatic rings. The molecular weight excluding hydrogens is 284 g/mol. The molecule has 0 heterocycles. The lowest BCUT2D eigenvalue weighted by Crippen LogP contribution is -2.28. The van der Waals surface area contributed by atoms with Crippen LogP contribution in [0.2, 0.25) is 5.02 Å². The minimum Gasteiger partial charge on any atom is -0.390 e. The van der Waals surface area contributed by atoms with Gasteiger partial charge in [-0.25, -0.2) is 4.39 Å². The Morgan fingerprint density at radius 1 is 1.21 bits per heavy atom. The van der Waals surface area contributed by atoms with Crippen molar-refractivity contribution in [2.45, 2.75) is 44.4 Å². The summed E-state index contributed by atoms with van der Waals surface area (Å²) in [5.41, 5.74) is -1.19. The van der Waals surface area contributed by atoms with Gasteiger partial charge in [0.1, 0.15) is 5.82 Å². The number of aliphatic hydroxyl groups is 1. The number of benzene rings is 1. The zero-order valence-electron chi connectivity index (χ0n) is 10.4.